The Morgan fingerprint density at radius 2 is 1.89 bits per heavy atom. The van der Waals surface area contributed by atoms with Gasteiger partial charge in [0, 0.05) is 60.7 Å². The summed E-state index contributed by atoms with van der Waals surface area (Å²) < 4.78 is 7.43. The molecule has 1 fully saturated rings. The second-order valence-corrected chi connectivity index (χ2v) is 7.68. The second kappa shape index (κ2) is 9.60. The average Bonchev–Trinajstić information content (AvgIpc) is 3.05. The quantitative estimate of drug-likeness (QED) is 0.699. The molecule has 0 saturated carbocycles. The lowest BCUT2D eigenvalue weighted by Crippen LogP contribution is -2.39. The van der Waals surface area contributed by atoms with E-state index in [1.165, 1.54) is 0 Å². The predicted octanol–water partition coefficient (Wildman–Crippen LogP) is 3.70. The molecule has 1 aliphatic heterocycles. The minimum absolute atomic E-state index is 0.0532. The lowest BCUT2D eigenvalue weighted by molar-refractivity contribution is 0.0355. The van der Waals surface area contributed by atoms with Gasteiger partial charge in [0.15, 0.2) is 0 Å². The molecule has 27 heavy (non-hydrogen) atoms. The summed E-state index contributed by atoms with van der Waals surface area (Å²) in [5.41, 5.74) is 1.61. The summed E-state index contributed by atoms with van der Waals surface area (Å²) in [7, 11) is 1.99. The molecule has 2 aromatic rings. The zero-order chi connectivity index (χ0) is 19.2. The first-order valence-electron chi connectivity index (χ1n) is 9.18. The van der Waals surface area contributed by atoms with Gasteiger partial charge in [0.2, 0.25) is 0 Å². The van der Waals surface area contributed by atoms with E-state index in [4.69, 9.17) is 27.9 Å². The molecule has 146 valence electrons. The Bertz CT molecular complexity index is 752. The monoisotopic (exact) mass is 409 g/mol. The molecule has 3 rings (SSSR count). The van der Waals surface area contributed by atoms with Gasteiger partial charge in [-0.2, -0.15) is 0 Å². The molecule has 0 spiro atoms. The number of carbonyl (C=O) groups excluding carboxylic acids is 1. The van der Waals surface area contributed by atoms with Gasteiger partial charge in [-0.25, -0.2) is 0 Å². The first-order chi connectivity index (χ1) is 13.0. The topological polar surface area (TPSA) is 37.7 Å². The summed E-state index contributed by atoms with van der Waals surface area (Å²) in [6, 6.07) is 9.01. The van der Waals surface area contributed by atoms with Crippen LogP contribution in [0.15, 0.2) is 36.5 Å². The van der Waals surface area contributed by atoms with Crippen LogP contribution in [0, 0.1) is 0 Å². The fourth-order valence-corrected chi connectivity index (χ4v) is 3.80. The van der Waals surface area contributed by atoms with Gasteiger partial charge in [-0.3, -0.25) is 9.69 Å². The molecular weight excluding hydrogens is 385 g/mol. The van der Waals surface area contributed by atoms with E-state index in [9.17, 15) is 4.79 Å². The zero-order valence-electron chi connectivity index (χ0n) is 15.5. The summed E-state index contributed by atoms with van der Waals surface area (Å²) in [5.74, 6) is -0.0532. The van der Waals surface area contributed by atoms with Crippen LogP contribution in [0.25, 0.3) is 0 Å². The Hall–Kier alpha value is -1.53. The molecule has 5 nitrogen and oxygen atoms in total. The molecule has 0 radical (unpaired) electrons. The molecule has 1 aromatic heterocycles. The standard InChI is InChI=1S/C20H25Cl2N3O2/c1-23-5-2-4-19(23)15-25(7-3-6-24-8-10-27-11-9-24)20(26)16-12-17(21)14-18(22)13-16/h2,4-5,12-14H,3,6-11,15H2,1H3. The maximum Gasteiger partial charge on any atom is 0.254 e. The van der Waals surface area contributed by atoms with Crippen molar-refractivity contribution in [3.63, 3.8) is 0 Å². The largest absolute Gasteiger partial charge is 0.379 e. The van der Waals surface area contributed by atoms with Crippen LogP contribution in [-0.2, 0) is 18.3 Å². The predicted molar refractivity (Wildman–Crippen MR) is 108 cm³/mol. The maximum atomic E-state index is 13.1. The molecule has 1 amide bonds. The number of benzene rings is 1. The van der Waals surface area contributed by atoms with Crippen LogP contribution in [0.5, 0.6) is 0 Å². The number of halogens is 2. The van der Waals surface area contributed by atoms with Crippen molar-refractivity contribution in [2.45, 2.75) is 13.0 Å². The highest BCUT2D eigenvalue weighted by molar-refractivity contribution is 6.35. The molecule has 0 aliphatic carbocycles. The molecule has 2 heterocycles. The Morgan fingerprint density at radius 1 is 1.19 bits per heavy atom. The van der Waals surface area contributed by atoms with Crippen molar-refractivity contribution < 1.29 is 9.53 Å². The zero-order valence-corrected chi connectivity index (χ0v) is 17.0. The summed E-state index contributed by atoms with van der Waals surface area (Å²) in [5, 5.41) is 0.941. The molecule has 0 bridgehead atoms. The highest BCUT2D eigenvalue weighted by Crippen LogP contribution is 2.21. The van der Waals surface area contributed by atoms with Gasteiger partial charge in [0.05, 0.1) is 19.8 Å². The van der Waals surface area contributed by atoms with Gasteiger partial charge in [0.1, 0.15) is 0 Å². The minimum Gasteiger partial charge on any atom is -0.379 e. The molecule has 1 aliphatic rings. The molecule has 1 saturated heterocycles. The van der Waals surface area contributed by atoms with Crippen LogP contribution >= 0.6 is 23.2 Å². The number of rotatable bonds is 7. The molecule has 7 heteroatoms. The van der Waals surface area contributed by atoms with Gasteiger partial charge in [-0.1, -0.05) is 23.2 Å². The van der Waals surface area contributed by atoms with Gasteiger partial charge in [-0.05, 0) is 36.8 Å². The maximum absolute atomic E-state index is 13.1. The molecule has 0 atom stereocenters. The van der Waals surface area contributed by atoms with E-state index in [2.05, 4.69) is 4.90 Å². The number of hydrogen-bond acceptors (Lipinski definition) is 3. The van der Waals surface area contributed by atoms with Crippen molar-refractivity contribution >= 4 is 29.1 Å². The molecule has 1 aromatic carbocycles. The van der Waals surface area contributed by atoms with Crippen LogP contribution in [0.1, 0.15) is 22.5 Å². The summed E-state index contributed by atoms with van der Waals surface area (Å²) in [4.78, 5) is 17.4. The fraction of sp³-hybridized carbons (Fsp3) is 0.450. The second-order valence-electron chi connectivity index (χ2n) is 6.80. The van der Waals surface area contributed by atoms with Crippen LogP contribution in [0.4, 0.5) is 0 Å². The lowest BCUT2D eigenvalue weighted by Gasteiger charge is -2.28. The van der Waals surface area contributed by atoms with Crippen molar-refractivity contribution in [1.29, 1.82) is 0 Å². The number of aromatic nitrogens is 1. The Kier molecular flexibility index (Phi) is 7.19. The van der Waals surface area contributed by atoms with E-state index in [-0.39, 0.29) is 5.91 Å². The van der Waals surface area contributed by atoms with E-state index < -0.39 is 0 Å². The van der Waals surface area contributed by atoms with E-state index in [0.717, 1.165) is 45.0 Å². The fourth-order valence-electron chi connectivity index (χ4n) is 3.28. The van der Waals surface area contributed by atoms with Crippen LogP contribution in [-0.4, -0.2) is 59.7 Å². The number of ether oxygens (including phenoxy) is 1. The van der Waals surface area contributed by atoms with Crippen molar-refractivity contribution in [2.24, 2.45) is 7.05 Å². The first kappa shape index (κ1) is 20.2. The van der Waals surface area contributed by atoms with Gasteiger partial charge in [0.25, 0.3) is 5.91 Å². The smallest absolute Gasteiger partial charge is 0.254 e. The van der Waals surface area contributed by atoms with Crippen molar-refractivity contribution in [2.75, 3.05) is 39.4 Å². The number of nitrogens with zero attached hydrogens (tertiary/aromatic N) is 3. The Balaban J connectivity index is 1.70. The number of aryl methyl sites for hydroxylation is 1. The van der Waals surface area contributed by atoms with Gasteiger partial charge >= 0.3 is 0 Å². The third-order valence-electron chi connectivity index (χ3n) is 4.81. The highest BCUT2D eigenvalue weighted by atomic mass is 35.5. The van der Waals surface area contributed by atoms with Crippen LogP contribution in [0.2, 0.25) is 10.0 Å². The number of hydrogen-bond donors (Lipinski definition) is 0. The van der Waals surface area contributed by atoms with Crippen molar-refractivity contribution in [1.82, 2.24) is 14.4 Å². The third kappa shape index (κ3) is 5.72. The summed E-state index contributed by atoms with van der Waals surface area (Å²) >= 11 is 12.2. The Morgan fingerprint density at radius 3 is 2.52 bits per heavy atom. The van der Waals surface area contributed by atoms with Crippen molar-refractivity contribution in [3.05, 3.63) is 57.8 Å². The third-order valence-corrected chi connectivity index (χ3v) is 5.24. The first-order valence-corrected chi connectivity index (χ1v) is 9.94. The van der Waals surface area contributed by atoms with E-state index in [0.29, 0.717) is 28.7 Å². The van der Waals surface area contributed by atoms with E-state index in [1.807, 2.05) is 34.8 Å². The normalized spacial score (nSPS) is 15.1. The number of amides is 1. The van der Waals surface area contributed by atoms with Crippen LogP contribution in [0.3, 0.4) is 0 Å². The SMILES string of the molecule is Cn1cccc1CN(CCCN1CCOCC1)C(=O)c1cc(Cl)cc(Cl)c1. The van der Waals surface area contributed by atoms with Gasteiger partial charge in [-0.15, -0.1) is 0 Å². The van der Waals surface area contributed by atoms with Crippen LogP contribution < -0.4 is 0 Å². The molecular formula is C20H25Cl2N3O2. The summed E-state index contributed by atoms with van der Waals surface area (Å²) in [6.07, 6.45) is 2.90. The molecule has 0 unspecified atom stereocenters. The summed E-state index contributed by atoms with van der Waals surface area (Å²) in [6.45, 7) is 5.66. The van der Waals surface area contributed by atoms with E-state index in [1.54, 1.807) is 18.2 Å². The van der Waals surface area contributed by atoms with E-state index >= 15 is 0 Å². The minimum atomic E-state index is -0.0532. The number of morpholine rings is 1. The molecule has 0 N–H and O–H groups in total. The average molecular weight is 410 g/mol. The number of carbonyl (C=O) groups is 1. The van der Waals surface area contributed by atoms with Gasteiger partial charge < -0.3 is 14.2 Å². The lowest BCUT2D eigenvalue weighted by atomic mass is 10.2. The highest BCUT2D eigenvalue weighted by Gasteiger charge is 2.19. The van der Waals surface area contributed by atoms with Crippen molar-refractivity contribution in [3.8, 4) is 0 Å². The Labute approximate surface area is 170 Å².